The van der Waals surface area contributed by atoms with Crippen LogP contribution >= 0.6 is 0 Å². The van der Waals surface area contributed by atoms with Gasteiger partial charge in [-0.3, -0.25) is 4.79 Å². The van der Waals surface area contributed by atoms with Crippen molar-refractivity contribution < 1.29 is 14.7 Å². The number of hydrogen-bond acceptors (Lipinski definition) is 2. The van der Waals surface area contributed by atoms with Gasteiger partial charge in [-0.15, -0.1) is 0 Å². The number of amides is 2. The Labute approximate surface area is 111 Å². The van der Waals surface area contributed by atoms with Gasteiger partial charge in [0.1, 0.15) is 6.04 Å². The molecule has 1 aliphatic heterocycles. The SMILES string of the molecule is O=C(O)N[C@H]1CCN(c2ccc3c(c2)CCC3)C1=O. The number of carbonyl (C=O) groups is 2. The predicted octanol–water partition coefficient (Wildman–Crippen LogP) is 1.55. The number of rotatable bonds is 2. The molecule has 1 saturated heterocycles. The minimum atomic E-state index is -1.14. The van der Waals surface area contributed by atoms with Gasteiger partial charge in [0.25, 0.3) is 0 Å². The number of carboxylic acid groups (broad SMARTS) is 1. The van der Waals surface area contributed by atoms with Gasteiger partial charge in [0.15, 0.2) is 0 Å². The number of benzene rings is 1. The van der Waals surface area contributed by atoms with Crippen LogP contribution in [0.15, 0.2) is 18.2 Å². The number of aryl methyl sites for hydroxylation is 2. The summed E-state index contributed by atoms with van der Waals surface area (Å²) in [7, 11) is 0. The molecule has 0 saturated carbocycles. The molecule has 2 amide bonds. The van der Waals surface area contributed by atoms with Crippen molar-refractivity contribution in [3.63, 3.8) is 0 Å². The highest BCUT2D eigenvalue weighted by atomic mass is 16.4. The van der Waals surface area contributed by atoms with E-state index in [1.54, 1.807) is 4.90 Å². The standard InChI is InChI=1S/C14H16N2O3/c17-13-12(15-14(18)19)6-7-16(13)11-5-4-9-2-1-3-10(9)8-11/h4-5,8,12,15H,1-3,6-7H2,(H,18,19)/t12-/m0/s1. The van der Waals surface area contributed by atoms with E-state index in [-0.39, 0.29) is 5.91 Å². The summed E-state index contributed by atoms with van der Waals surface area (Å²) in [4.78, 5) is 24.4. The molecule has 1 aromatic rings. The summed E-state index contributed by atoms with van der Waals surface area (Å²) in [5.41, 5.74) is 3.58. The maximum absolute atomic E-state index is 12.1. The summed E-state index contributed by atoms with van der Waals surface area (Å²) in [5, 5.41) is 11.0. The minimum Gasteiger partial charge on any atom is -0.465 e. The van der Waals surface area contributed by atoms with Gasteiger partial charge in [-0.2, -0.15) is 0 Å². The van der Waals surface area contributed by atoms with E-state index in [0.29, 0.717) is 13.0 Å². The fraction of sp³-hybridized carbons (Fsp3) is 0.429. The highest BCUT2D eigenvalue weighted by molar-refractivity contribution is 6.00. The van der Waals surface area contributed by atoms with Crippen molar-refractivity contribution in [1.29, 1.82) is 0 Å². The molecule has 3 rings (SSSR count). The largest absolute Gasteiger partial charge is 0.465 e. The van der Waals surface area contributed by atoms with Crippen molar-refractivity contribution in [2.45, 2.75) is 31.7 Å². The van der Waals surface area contributed by atoms with E-state index in [2.05, 4.69) is 17.4 Å². The molecule has 1 heterocycles. The maximum atomic E-state index is 12.1. The molecule has 1 aliphatic carbocycles. The molecule has 0 aromatic heterocycles. The third-order valence-corrected chi connectivity index (χ3v) is 3.90. The normalized spacial score (nSPS) is 21.6. The molecule has 5 nitrogen and oxygen atoms in total. The lowest BCUT2D eigenvalue weighted by molar-refractivity contribution is -0.118. The van der Waals surface area contributed by atoms with Crippen molar-refractivity contribution in [2.24, 2.45) is 0 Å². The van der Waals surface area contributed by atoms with Crippen molar-refractivity contribution in [1.82, 2.24) is 5.32 Å². The van der Waals surface area contributed by atoms with Crippen molar-refractivity contribution in [3.8, 4) is 0 Å². The van der Waals surface area contributed by atoms with E-state index >= 15 is 0 Å². The van der Waals surface area contributed by atoms with Gasteiger partial charge in [0.05, 0.1) is 0 Å². The molecular weight excluding hydrogens is 244 g/mol. The van der Waals surface area contributed by atoms with Crippen LogP contribution in [-0.2, 0) is 17.6 Å². The topological polar surface area (TPSA) is 69.6 Å². The zero-order chi connectivity index (χ0) is 13.4. The van der Waals surface area contributed by atoms with Crippen molar-refractivity contribution in [3.05, 3.63) is 29.3 Å². The Kier molecular flexibility index (Phi) is 2.89. The zero-order valence-corrected chi connectivity index (χ0v) is 10.6. The number of nitrogens with zero attached hydrogens (tertiary/aromatic N) is 1. The first-order valence-electron chi connectivity index (χ1n) is 6.58. The molecule has 5 heteroatoms. The fourth-order valence-corrected chi connectivity index (χ4v) is 2.95. The van der Waals surface area contributed by atoms with Gasteiger partial charge in [0.2, 0.25) is 5.91 Å². The highest BCUT2D eigenvalue weighted by Crippen LogP contribution is 2.29. The lowest BCUT2D eigenvalue weighted by Gasteiger charge is -2.18. The number of fused-ring (bicyclic) bond motifs is 1. The van der Waals surface area contributed by atoms with Crippen LogP contribution in [0.25, 0.3) is 0 Å². The first kappa shape index (κ1) is 12.0. The number of nitrogens with one attached hydrogen (secondary N) is 1. The molecular formula is C14H16N2O3. The number of carbonyl (C=O) groups excluding carboxylic acids is 1. The van der Waals surface area contributed by atoms with E-state index in [9.17, 15) is 9.59 Å². The van der Waals surface area contributed by atoms with Gasteiger partial charge in [0, 0.05) is 12.2 Å². The fourth-order valence-electron chi connectivity index (χ4n) is 2.95. The highest BCUT2D eigenvalue weighted by Gasteiger charge is 2.33. The minimum absolute atomic E-state index is 0.152. The Morgan fingerprint density at radius 3 is 2.89 bits per heavy atom. The number of anilines is 1. The summed E-state index contributed by atoms with van der Waals surface area (Å²) in [6.07, 6.45) is 2.75. The van der Waals surface area contributed by atoms with Crippen LogP contribution in [0.2, 0.25) is 0 Å². The lowest BCUT2D eigenvalue weighted by atomic mass is 10.1. The molecule has 2 N–H and O–H groups in total. The Morgan fingerprint density at radius 2 is 2.11 bits per heavy atom. The second kappa shape index (κ2) is 4.57. The average Bonchev–Trinajstić information content (AvgIpc) is 2.96. The van der Waals surface area contributed by atoms with Crippen LogP contribution in [-0.4, -0.2) is 29.7 Å². The van der Waals surface area contributed by atoms with E-state index < -0.39 is 12.1 Å². The second-order valence-electron chi connectivity index (χ2n) is 5.09. The smallest absolute Gasteiger partial charge is 0.405 e. The van der Waals surface area contributed by atoms with E-state index in [1.165, 1.54) is 17.5 Å². The first-order chi connectivity index (χ1) is 9.15. The summed E-state index contributed by atoms with van der Waals surface area (Å²) in [6, 6.07) is 5.52. The van der Waals surface area contributed by atoms with Gasteiger partial charge in [-0.1, -0.05) is 6.07 Å². The van der Waals surface area contributed by atoms with E-state index in [4.69, 9.17) is 5.11 Å². The molecule has 0 spiro atoms. The van der Waals surface area contributed by atoms with Crippen LogP contribution in [0.3, 0.4) is 0 Å². The van der Waals surface area contributed by atoms with Gasteiger partial charge >= 0.3 is 6.09 Å². The average molecular weight is 260 g/mol. The second-order valence-corrected chi connectivity index (χ2v) is 5.09. The molecule has 19 heavy (non-hydrogen) atoms. The third kappa shape index (κ3) is 2.16. The monoisotopic (exact) mass is 260 g/mol. The molecule has 1 atom stereocenters. The van der Waals surface area contributed by atoms with Crippen LogP contribution in [0.1, 0.15) is 24.0 Å². The molecule has 1 fully saturated rings. The molecule has 100 valence electrons. The van der Waals surface area contributed by atoms with Crippen molar-refractivity contribution >= 4 is 17.7 Å². The summed E-state index contributed by atoms with van der Waals surface area (Å²) in [6.45, 7) is 0.572. The molecule has 2 aliphatic rings. The van der Waals surface area contributed by atoms with Crippen LogP contribution in [0.5, 0.6) is 0 Å². The summed E-state index contributed by atoms with van der Waals surface area (Å²) < 4.78 is 0. The number of hydrogen-bond donors (Lipinski definition) is 2. The molecule has 1 aromatic carbocycles. The van der Waals surface area contributed by atoms with Crippen LogP contribution < -0.4 is 10.2 Å². The van der Waals surface area contributed by atoms with Crippen LogP contribution in [0.4, 0.5) is 10.5 Å². The summed E-state index contributed by atoms with van der Waals surface area (Å²) in [5.74, 6) is -0.152. The van der Waals surface area contributed by atoms with Gasteiger partial charge in [-0.05, 0) is 48.9 Å². The zero-order valence-electron chi connectivity index (χ0n) is 10.6. The Hall–Kier alpha value is -2.04. The first-order valence-corrected chi connectivity index (χ1v) is 6.58. The maximum Gasteiger partial charge on any atom is 0.405 e. The Bertz CT molecular complexity index is 541. The predicted molar refractivity (Wildman–Crippen MR) is 70.4 cm³/mol. The summed E-state index contributed by atoms with van der Waals surface area (Å²) >= 11 is 0. The Balaban J connectivity index is 1.80. The lowest BCUT2D eigenvalue weighted by Crippen LogP contribution is -2.40. The quantitative estimate of drug-likeness (QED) is 0.847. The molecule has 0 unspecified atom stereocenters. The molecule has 0 radical (unpaired) electrons. The third-order valence-electron chi connectivity index (χ3n) is 3.90. The molecule has 0 bridgehead atoms. The Morgan fingerprint density at radius 1 is 1.32 bits per heavy atom. The van der Waals surface area contributed by atoms with Crippen LogP contribution in [0, 0.1) is 0 Å². The van der Waals surface area contributed by atoms with E-state index in [1.807, 2.05) is 6.07 Å². The van der Waals surface area contributed by atoms with Crippen molar-refractivity contribution in [2.75, 3.05) is 11.4 Å². The van der Waals surface area contributed by atoms with Gasteiger partial charge in [-0.25, -0.2) is 4.79 Å². The van der Waals surface area contributed by atoms with E-state index in [0.717, 1.165) is 18.5 Å². The van der Waals surface area contributed by atoms with Gasteiger partial charge < -0.3 is 15.3 Å².